The first kappa shape index (κ1) is 27.0. The largest absolute Gasteiger partial charge is 0.380 e. The minimum atomic E-state index is -4.45. The lowest BCUT2D eigenvalue weighted by atomic mass is 9.84. The molecule has 31 heavy (non-hydrogen) atoms. The Morgan fingerprint density at radius 1 is 1.35 bits per heavy atom. The number of hydrogen-bond donors (Lipinski definition) is 2. The zero-order valence-electron chi connectivity index (χ0n) is 18.4. The average Bonchev–Trinajstić information content (AvgIpc) is 3.14. The van der Waals surface area contributed by atoms with Crippen molar-refractivity contribution in [3.8, 4) is 0 Å². The van der Waals surface area contributed by atoms with E-state index in [9.17, 15) is 22.0 Å². The molecule has 0 aliphatic carbocycles. The fraction of sp³-hybridized carbons (Fsp3) is 0.778. The number of ether oxygens (including phenoxy) is 1. The third kappa shape index (κ3) is 8.57. The van der Waals surface area contributed by atoms with Gasteiger partial charge in [0.2, 0.25) is 15.7 Å². The Kier molecular flexibility index (Phi) is 10.1. The van der Waals surface area contributed by atoms with Crippen molar-refractivity contribution in [2.45, 2.75) is 63.9 Å². The summed E-state index contributed by atoms with van der Waals surface area (Å²) < 4.78 is 54.8. The van der Waals surface area contributed by atoms with Gasteiger partial charge >= 0.3 is 5.76 Å². The number of rotatable bonds is 15. The standard InChI is InChI=1S/C18H32F2N6O4S/c1-6-14(27)22-17(3,4)13-18(5,21-9-8-12-31(28,29)16(19)20)15-23-24-25-26(15)10-11-30-7-2/h6,16,21H,1,7-13H2,2-5H3,(H,22,27). The second-order valence-corrected chi connectivity index (χ2v) is 10.0. The van der Waals surface area contributed by atoms with E-state index in [1.807, 2.05) is 20.8 Å². The van der Waals surface area contributed by atoms with Crippen LogP contribution in [0.2, 0.25) is 0 Å². The molecule has 1 heterocycles. The van der Waals surface area contributed by atoms with Gasteiger partial charge < -0.3 is 15.4 Å². The van der Waals surface area contributed by atoms with Crippen molar-refractivity contribution in [1.82, 2.24) is 30.8 Å². The van der Waals surface area contributed by atoms with E-state index in [0.29, 0.717) is 32.0 Å². The zero-order chi connectivity index (χ0) is 23.7. The van der Waals surface area contributed by atoms with Gasteiger partial charge in [0.05, 0.1) is 24.4 Å². The monoisotopic (exact) mass is 466 g/mol. The molecule has 13 heteroatoms. The molecule has 0 spiro atoms. The van der Waals surface area contributed by atoms with Crippen LogP contribution >= 0.6 is 0 Å². The first-order valence-electron chi connectivity index (χ1n) is 9.90. The van der Waals surface area contributed by atoms with Gasteiger partial charge in [-0.2, -0.15) is 8.78 Å². The molecule has 0 radical (unpaired) electrons. The average molecular weight is 467 g/mol. The third-order valence-corrected chi connectivity index (χ3v) is 5.91. The maximum Gasteiger partial charge on any atom is 0.336 e. The summed E-state index contributed by atoms with van der Waals surface area (Å²) in [4.78, 5) is 11.8. The van der Waals surface area contributed by atoms with Crippen LogP contribution in [0, 0.1) is 0 Å². The van der Waals surface area contributed by atoms with E-state index < -0.39 is 32.4 Å². The smallest absolute Gasteiger partial charge is 0.336 e. The highest BCUT2D eigenvalue weighted by Gasteiger charge is 2.38. The van der Waals surface area contributed by atoms with E-state index in [2.05, 4.69) is 32.7 Å². The topological polar surface area (TPSA) is 128 Å². The Hall–Kier alpha value is -1.99. The molecule has 0 aromatic carbocycles. The van der Waals surface area contributed by atoms with Crippen molar-refractivity contribution in [2.75, 3.05) is 25.5 Å². The fourth-order valence-electron chi connectivity index (χ4n) is 3.31. The number of carbonyl (C=O) groups excluding carboxylic acids is 1. The van der Waals surface area contributed by atoms with Crippen LogP contribution in [0.25, 0.3) is 0 Å². The van der Waals surface area contributed by atoms with Crippen molar-refractivity contribution < 1.29 is 26.7 Å². The van der Waals surface area contributed by atoms with Gasteiger partial charge in [0.15, 0.2) is 5.82 Å². The first-order valence-corrected chi connectivity index (χ1v) is 11.6. The molecular weight excluding hydrogens is 434 g/mol. The molecule has 0 aliphatic rings. The SMILES string of the molecule is C=CC(=O)NC(C)(C)CC(C)(NCCCS(=O)(=O)C(F)F)c1nnnn1CCOCC. The molecule has 10 nitrogen and oxygen atoms in total. The van der Waals surface area contributed by atoms with Crippen LogP contribution < -0.4 is 10.6 Å². The normalized spacial score (nSPS) is 14.4. The number of tetrazole rings is 1. The predicted octanol–water partition coefficient (Wildman–Crippen LogP) is 1.01. The lowest BCUT2D eigenvalue weighted by Crippen LogP contribution is -2.53. The van der Waals surface area contributed by atoms with Gasteiger partial charge in [-0.15, -0.1) is 5.10 Å². The fourth-order valence-corrected chi connectivity index (χ4v) is 4.03. The van der Waals surface area contributed by atoms with Gasteiger partial charge in [-0.3, -0.25) is 4.79 Å². The van der Waals surface area contributed by atoms with Crippen molar-refractivity contribution in [3.05, 3.63) is 18.5 Å². The van der Waals surface area contributed by atoms with Gasteiger partial charge in [0.25, 0.3) is 0 Å². The number of amides is 1. The van der Waals surface area contributed by atoms with Gasteiger partial charge in [-0.1, -0.05) is 6.58 Å². The van der Waals surface area contributed by atoms with E-state index in [-0.39, 0.29) is 18.9 Å². The molecule has 1 atom stereocenters. The molecule has 1 unspecified atom stereocenters. The van der Waals surface area contributed by atoms with Crippen LogP contribution in [0.4, 0.5) is 8.78 Å². The quantitative estimate of drug-likeness (QED) is 0.290. The van der Waals surface area contributed by atoms with Crippen molar-refractivity contribution >= 4 is 15.7 Å². The highest BCUT2D eigenvalue weighted by Crippen LogP contribution is 2.29. The lowest BCUT2D eigenvalue weighted by Gasteiger charge is -2.37. The first-order chi connectivity index (χ1) is 14.4. The molecule has 1 aromatic heterocycles. The Balaban J connectivity index is 3.06. The Morgan fingerprint density at radius 2 is 2.03 bits per heavy atom. The Bertz CT molecular complexity index is 831. The highest BCUT2D eigenvalue weighted by atomic mass is 32.2. The van der Waals surface area contributed by atoms with Crippen LogP contribution in [0.1, 0.15) is 46.4 Å². The second-order valence-electron chi connectivity index (χ2n) is 7.92. The van der Waals surface area contributed by atoms with Crippen molar-refractivity contribution in [3.63, 3.8) is 0 Å². The van der Waals surface area contributed by atoms with Crippen LogP contribution in [-0.4, -0.2) is 71.3 Å². The molecule has 2 N–H and O–H groups in total. The van der Waals surface area contributed by atoms with E-state index in [1.54, 1.807) is 11.6 Å². The maximum absolute atomic E-state index is 12.6. The minimum Gasteiger partial charge on any atom is -0.380 e. The summed E-state index contributed by atoms with van der Waals surface area (Å²) in [6.07, 6.45) is 1.45. The summed E-state index contributed by atoms with van der Waals surface area (Å²) in [5.74, 6) is -3.96. The molecule has 0 saturated heterocycles. The van der Waals surface area contributed by atoms with E-state index >= 15 is 0 Å². The van der Waals surface area contributed by atoms with Gasteiger partial charge in [-0.25, -0.2) is 13.1 Å². The number of alkyl halides is 2. The van der Waals surface area contributed by atoms with Crippen LogP contribution in [-0.2, 0) is 31.5 Å². The summed E-state index contributed by atoms with van der Waals surface area (Å²) in [6, 6.07) is 0. The Labute approximate surface area is 181 Å². The maximum atomic E-state index is 12.6. The summed E-state index contributed by atoms with van der Waals surface area (Å²) in [6.45, 7) is 12.2. The third-order valence-electron chi connectivity index (χ3n) is 4.51. The van der Waals surface area contributed by atoms with Crippen LogP contribution in [0.15, 0.2) is 12.7 Å². The molecular formula is C18H32F2N6O4S. The second kappa shape index (κ2) is 11.6. The highest BCUT2D eigenvalue weighted by molar-refractivity contribution is 7.91. The van der Waals surface area contributed by atoms with Gasteiger partial charge in [0.1, 0.15) is 0 Å². The molecule has 1 rings (SSSR count). The van der Waals surface area contributed by atoms with Crippen LogP contribution in [0.5, 0.6) is 0 Å². The van der Waals surface area contributed by atoms with Gasteiger partial charge in [0, 0.05) is 12.1 Å². The van der Waals surface area contributed by atoms with Crippen molar-refractivity contribution in [2.24, 2.45) is 0 Å². The summed E-state index contributed by atoms with van der Waals surface area (Å²) in [7, 11) is -4.45. The number of nitrogens with one attached hydrogen (secondary N) is 2. The predicted molar refractivity (Wildman–Crippen MR) is 111 cm³/mol. The number of nitrogens with zero attached hydrogens (tertiary/aromatic N) is 4. The van der Waals surface area contributed by atoms with Gasteiger partial charge in [-0.05, 0) is 63.6 Å². The minimum absolute atomic E-state index is 0.0256. The van der Waals surface area contributed by atoms with Crippen molar-refractivity contribution in [1.29, 1.82) is 0 Å². The Morgan fingerprint density at radius 3 is 2.61 bits per heavy atom. The molecule has 0 fully saturated rings. The molecule has 0 aliphatic heterocycles. The van der Waals surface area contributed by atoms with E-state index in [1.165, 1.54) is 0 Å². The summed E-state index contributed by atoms with van der Waals surface area (Å²) in [5, 5.41) is 17.9. The van der Waals surface area contributed by atoms with E-state index in [4.69, 9.17) is 4.74 Å². The molecule has 178 valence electrons. The number of halogens is 2. The number of carbonyl (C=O) groups is 1. The van der Waals surface area contributed by atoms with Crippen LogP contribution in [0.3, 0.4) is 0 Å². The molecule has 1 amide bonds. The van der Waals surface area contributed by atoms with E-state index in [0.717, 1.165) is 6.08 Å². The number of hydrogen-bond acceptors (Lipinski definition) is 8. The number of aromatic nitrogens is 4. The molecule has 0 saturated carbocycles. The summed E-state index contributed by atoms with van der Waals surface area (Å²) >= 11 is 0. The zero-order valence-corrected chi connectivity index (χ0v) is 19.2. The molecule has 1 aromatic rings. The molecule has 0 bridgehead atoms. The number of sulfone groups is 1. The summed E-state index contributed by atoms with van der Waals surface area (Å²) in [5.41, 5.74) is -1.64. The lowest BCUT2D eigenvalue weighted by molar-refractivity contribution is -0.118.